The van der Waals surface area contributed by atoms with Crippen LogP contribution in [0.25, 0.3) is 0 Å². The summed E-state index contributed by atoms with van der Waals surface area (Å²) in [5.74, 6) is -1.19. The summed E-state index contributed by atoms with van der Waals surface area (Å²) in [6.07, 6.45) is 1.34. The molecule has 0 N–H and O–H groups in total. The Bertz CT molecular complexity index is 771. The summed E-state index contributed by atoms with van der Waals surface area (Å²) in [6, 6.07) is 6.55. The fraction of sp³-hybridized carbons (Fsp3) is 0.250. The minimum Gasteiger partial charge on any atom is -0.462 e. The van der Waals surface area contributed by atoms with Gasteiger partial charge in [0.1, 0.15) is 6.61 Å². The molecule has 9 nitrogen and oxygen atoms in total. The molecule has 0 radical (unpaired) electrons. The van der Waals surface area contributed by atoms with Gasteiger partial charge in [-0.1, -0.05) is 0 Å². The largest absolute Gasteiger partial charge is 0.462 e. The van der Waals surface area contributed by atoms with Gasteiger partial charge in [-0.25, -0.2) is 9.69 Å². The Hall–Kier alpha value is -3.20. The second kappa shape index (κ2) is 8.06. The number of carbonyl (C=O) groups excluding carboxylic acids is 2. The SMILES string of the molecule is CCOC(=O)c1ccc([N+](=O)[O-])cc1N(C(=O)COC)c1ccco1. The van der Waals surface area contributed by atoms with Gasteiger partial charge >= 0.3 is 5.97 Å². The number of carbonyl (C=O) groups is 2. The van der Waals surface area contributed by atoms with Crippen LogP contribution in [-0.4, -0.2) is 37.1 Å². The first-order chi connectivity index (χ1) is 12.0. The van der Waals surface area contributed by atoms with Crippen LogP contribution in [0.15, 0.2) is 41.0 Å². The first-order valence-corrected chi connectivity index (χ1v) is 7.30. The Morgan fingerprint density at radius 2 is 2.08 bits per heavy atom. The fourth-order valence-electron chi connectivity index (χ4n) is 2.16. The highest BCUT2D eigenvalue weighted by molar-refractivity contribution is 6.07. The maximum absolute atomic E-state index is 12.5. The van der Waals surface area contributed by atoms with Gasteiger partial charge in [-0.3, -0.25) is 14.9 Å². The van der Waals surface area contributed by atoms with Gasteiger partial charge in [-0.2, -0.15) is 0 Å². The van der Waals surface area contributed by atoms with Crippen molar-refractivity contribution in [1.82, 2.24) is 0 Å². The third-order valence-electron chi connectivity index (χ3n) is 3.17. The number of non-ortho nitro benzene ring substituents is 1. The molecule has 0 bridgehead atoms. The van der Waals surface area contributed by atoms with Crippen LogP contribution < -0.4 is 4.90 Å². The van der Waals surface area contributed by atoms with Crippen molar-refractivity contribution in [3.8, 4) is 0 Å². The van der Waals surface area contributed by atoms with Crippen LogP contribution in [0, 0.1) is 10.1 Å². The molecule has 25 heavy (non-hydrogen) atoms. The number of nitro benzene ring substituents is 1. The van der Waals surface area contributed by atoms with Gasteiger partial charge < -0.3 is 13.9 Å². The van der Waals surface area contributed by atoms with Gasteiger partial charge in [0.15, 0.2) is 0 Å². The van der Waals surface area contributed by atoms with Crippen LogP contribution in [0.4, 0.5) is 17.3 Å². The lowest BCUT2D eigenvalue weighted by atomic mass is 10.1. The van der Waals surface area contributed by atoms with Crippen molar-refractivity contribution in [2.45, 2.75) is 6.92 Å². The van der Waals surface area contributed by atoms with Gasteiger partial charge in [0.25, 0.3) is 11.6 Å². The van der Waals surface area contributed by atoms with Crippen LogP contribution >= 0.6 is 0 Å². The molecule has 0 aliphatic heterocycles. The first kappa shape index (κ1) is 18.1. The van der Waals surface area contributed by atoms with E-state index in [1.807, 2.05) is 0 Å². The van der Waals surface area contributed by atoms with Crippen molar-refractivity contribution in [1.29, 1.82) is 0 Å². The van der Waals surface area contributed by atoms with E-state index in [1.165, 1.54) is 25.5 Å². The lowest BCUT2D eigenvalue weighted by molar-refractivity contribution is -0.384. The molecule has 1 amide bonds. The third kappa shape index (κ3) is 4.01. The number of ether oxygens (including phenoxy) is 2. The maximum atomic E-state index is 12.5. The van der Waals surface area contributed by atoms with Crippen LogP contribution in [0.3, 0.4) is 0 Å². The number of nitro groups is 1. The highest BCUT2D eigenvalue weighted by Gasteiger charge is 2.28. The van der Waals surface area contributed by atoms with E-state index in [1.54, 1.807) is 13.0 Å². The second-order valence-corrected chi connectivity index (χ2v) is 4.79. The molecule has 0 unspecified atom stereocenters. The Morgan fingerprint density at radius 1 is 1.32 bits per heavy atom. The molecule has 0 atom stereocenters. The van der Waals surface area contributed by atoms with E-state index < -0.39 is 16.8 Å². The van der Waals surface area contributed by atoms with E-state index in [-0.39, 0.29) is 36.0 Å². The van der Waals surface area contributed by atoms with Crippen molar-refractivity contribution in [2.75, 3.05) is 25.2 Å². The summed E-state index contributed by atoms with van der Waals surface area (Å²) in [4.78, 5) is 36.2. The third-order valence-corrected chi connectivity index (χ3v) is 3.17. The number of hydrogen-bond donors (Lipinski definition) is 0. The quantitative estimate of drug-likeness (QED) is 0.429. The van der Waals surface area contributed by atoms with Crippen molar-refractivity contribution in [3.63, 3.8) is 0 Å². The van der Waals surface area contributed by atoms with Crippen LogP contribution in [-0.2, 0) is 14.3 Å². The molecule has 0 fully saturated rings. The zero-order valence-electron chi connectivity index (χ0n) is 13.6. The summed E-state index contributed by atoms with van der Waals surface area (Å²) in [6.45, 7) is 1.43. The molecule has 0 spiro atoms. The molecule has 1 heterocycles. The summed E-state index contributed by atoms with van der Waals surface area (Å²) in [7, 11) is 1.33. The van der Waals surface area contributed by atoms with Gasteiger partial charge in [0, 0.05) is 25.3 Å². The highest BCUT2D eigenvalue weighted by Crippen LogP contribution is 2.33. The molecule has 0 aliphatic carbocycles. The minimum atomic E-state index is -0.714. The summed E-state index contributed by atoms with van der Waals surface area (Å²) in [5.41, 5.74) is -0.317. The van der Waals surface area contributed by atoms with Gasteiger partial charge in [0.05, 0.1) is 29.0 Å². The maximum Gasteiger partial charge on any atom is 0.340 e. The minimum absolute atomic E-state index is 0.00620. The summed E-state index contributed by atoms with van der Waals surface area (Å²) >= 11 is 0. The molecule has 2 aromatic rings. The molecule has 2 rings (SSSR count). The van der Waals surface area contributed by atoms with Crippen LogP contribution in [0.2, 0.25) is 0 Å². The normalized spacial score (nSPS) is 10.3. The number of benzene rings is 1. The number of methoxy groups -OCH3 is 1. The molecule has 0 saturated carbocycles. The van der Waals surface area contributed by atoms with Crippen molar-refractivity contribution in [2.24, 2.45) is 0 Å². The Balaban J connectivity index is 2.64. The topological polar surface area (TPSA) is 112 Å². The number of nitrogens with zero attached hydrogens (tertiary/aromatic N) is 2. The van der Waals surface area contributed by atoms with E-state index in [9.17, 15) is 19.7 Å². The Kier molecular flexibility index (Phi) is 5.85. The number of hydrogen-bond acceptors (Lipinski definition) is 7. The number of amides is 1. The van der Waals surface area contributed by atoms with E-state index in [0.29, 0.717) is 0 Å². The van der Waals surface area contributed by atoms with E-state index in [4.69, 9.17) is 13.9 Å². The summed E-state index contributed by atoms with van der Waals surface area (Å²) < 4.78 is 15.1. The molecule has 0 saturated heterocycles. The predicted molar refractivity (Wildman–Crippen MR) is 86.8 cm³/mol. The second-order valence-electron chi connectivity index (χ2n) is 4.79. The summed E-state index contributed by atoms with van der Waals surface area (Å²) in [5, 5.41) is 11.1. The number of rotatable bonds is 7. The highest BCUT2D eigenvalue weighted by atomic mass is 16.6. The van der Waals surface area contributed by atoms with E-state index in [2.05, 4.69) is 0 Å². The van der Waals surface area contributed by atoms with E-state index in [0.717, 1.165) is 17.0 Å². The molecular formula is C16H16N2O7. The average molecular weight is 348 g/mol. The standard InChI is InChI=1S/C16H16N2O7/c1-3-24-16(20)12-7-6-11(18(21)22)9-13(12)17(14(19)10-23-2)15-5-4-8-25-15/h4-9H,3,10H2,1-2H3. The molecule has 132 valence electrons. The van der Waals surface area contributed by atoms with Gasteiger partial charge in [-0.05, 0) is 19.1 Å². The first-order valence-electron chi connectivity index (χ1n) is 7.30. The zero-order chi connectivity index (χ0) is 18.4. The van der Waals surface area contributed by atoms with Gasteiger partial charge in [0.2, 0.25) is 5.88 Å². The predicted octanol–water partition coefficient (Wildman–Crippen LogP) is 2.68. The fourth-order valence-corrected chi connectivity index (χ4v) is 2.16. The average Bonchev–Trinajstić information content (AvgIpc) is 3.09. The Morgan fingerprint density at radius 3 is 2.64 bits per heavy atom. The molecule has 1 aromatic carbocycles. The molecular weight excluding hydrogens is 332 g/mol. The number of anilines is 2. The molecule has 1 aromatic heterocycles. The van der Waals surface area contributed by atoms with Crippen molar-refractivity contribution < 1.29 is 28.4 Å². The monoisotopic (exact) mass is 348 g/mol. The van der Waals surface area contributed by atoms with E-state index >= 15 is 0 Å². The van der Waals surface area contributed by atoms with Crippen LogP contribution in [0.1, 0.15) is 17.3 Å². The molecule has 0 aliphatic rings. The van der Waals surface area contributed by atoms with Gasteiger partial charge in [-0.15, -0.1) is 0 Å². The Labute approximate surface area is 142 Å². The zero-order valence-corrected chi connectivity index (χ0v) is 13.6. The smallest absolute Gasteiger partial charge is 0.340 e. The lowest BCUT2D eigenvalue weighted by Gasteiger charge is -2.21. The lowest BCUT2D eigenvalue weighted by Crippen LogP contribution is -2.30. The number of furan rings is 1. The molecule has 9 heteroatoms. The van der Waals surface area contributed by atoms with Crippen molar-refractivity contribution >= 4 is 29.1 Å². The van der Waals surface area contributed by atoms with Crippen molar-refractivity contribution in [3.05, 3.63) is 52.3 Å². The van der Waals surface area contributed by atoms with Crippen LogP contribution in [0.5, 0.6) is 0 Å². The number of esters is 1.